The number of phenols is 1. The van der Waals surface area contributed by atoms with E-state index in [4.69, 9.17) is 10.8 Å². The van der Waals surface area contributed by atoms with E-state index in [1.54, 1.807) is 24.4 Å². The zero-order chi connectivity index (χ0) is 23.4. The molecule has 170 valence electrons. The number of aromatic nitrogens is 4. The van der Waals surface area contributed by atoms with Crippen LogP contribution in [0, 0.1) is 6.92 Å². The predicted molar refractivity (Wildman–Crippen MR) is 134 cm³/mol. The Bertz CT molecular complexity index is 1630. The van der Waals surface area contributed by atoms with Gasteiger partial charge >= 0.3 is 0 Å². The number of phenolic OH excluding ortho intramolecular Hbond substituents is 1. The summed E-state index contributed by atoms with van der Waals surface area (Å²) in [7, 11) is 0. The van der Waals surface area contributed by atoms with Gasteiger partial charge in [0, 0.05) is 23.5 Å². The molecule has 1 aliphatic rings. The van der Waals surface area contributed by atoms with Crippen LogP contribution in [0.5, 0.6) is 5.75 Å². The van der Waals surface area contributed by atoms with Crippen LogP contribution in [-0.2, 0) is 6.54 Å². The molecule has 0 saturated heterocycles. The summed E-state index contributed by atoms with van der Waals surface area (Å²) in [6.45, 7) is 2.42. The molecular formula is C27H25N5O2. The maximum absolute atomic E-state index is 13.7. The molecule has 34 heavy (non-hydrogen) atoms. The number of aromatic hydroxyl groups is 1. The number of anilines is 1. The van der Waals surface area contributed by atoms with Crippen LogP contribution in [0.4, 0.5) is 5.82 Å². The molecule has 7 nitrogen and oxygen atoms in total. The van der Waals surface area contributed by atoms with E-state index >= 15 is 0 Å². The summed E-state index contributed by atoms with van der Waals surface area (Å²) >= 11 is 0. The first-order valence-electron chi connectivity index (χ1n) is 11.6. The molecule has 0 atom stereocenters. The van der Waals surface area contributed by atoms with Crippen molar-refractivity contribution in [2.45, 2.75) is 38.8 Å². The summed E-state index contributed by atoms with van der Waals surface area (Å²) in [5.74, 6) is 0.541. The molecule has 5 aromatic rings. The molecule has 3 N–H and O–H groups in total. The Hall–Kier alpha value is -4.13. The Morgan fingerprint density at radius 2 is 1.91 bits per heavy atom. The molecule has 0 aliphatic heterocycles. The van der Waals surface area contributed by atoms with Crippen LogP contribution < -0.4 is 11.3 Å². The number of pyridine rings is 2. The average molecular weight is 452 g/mol. The zero-order valence-corrected chi connectivity index (χ0v) is 18.9. The number of nitrogens with zero attached hydrogens (tertiary/aromatic N) is 4. The van der Waals surface area contributed by atoms with E-state index in [0.29, 0.717) is 18.1 Å². The molecular weight excluding hydrogens is 426 g/mol. The summed E-state index contributed by atoms with van der Waals surface area (Å²) in [5.41, 5.74) is 10.5. The third kappa shape index (κ3) is 3.15. The lowest BCUT2D eigenvalue weighted by atomic mass is 9.91. The van der Waals surface area contributed by atoms with Crippen LogP contribution in [0.3, 0.4) is 0 Å². The average Bonchev–Trinajstić information content (AvgIpc) is 3.15. The van der Waals surface area contributed by atoms with Crippen molar-refractivity contribution in [3.63, 3.8) is 0 Å². The summed E-state index contributed by atoms with van der Waals surface area (Å²) in [5, 5.41) is 17.4. The van der Waals surface area contributed by atoms with Gasteiger partial charge in [0.1, 0.15) is 17.3 Å². The van der Waals surface area contributed by atoms with Gasteiger partial charge in [-0.05, 0) is 61.4 Å². The molecule has 1 fully saturated rings. The maximum atomic E-state index is 13.7. The number of aryl methyl sites for hydroxylation is 1. The highest BCUT2D eigenvalue weighted by Gasteiger charge is 2.25. The normalized spacial score (nSPS) is 14.0. The number of rotatable bonds is 4. The quantitative estimate of drug-likeness (QED) is 0.410. The molecule has 0 unspecified atom stereocenters. The van der Waals surface area contributed by atoms with Gasteiger partial charge in [0.15, 0.2) is 0 Å². The number of nitrogens with two attached hydrogens (primary N) is 1. The van der Waals surface area contributed by atoms with Gasteiger partial charge in [-0.15, -0.1) is 0 Å². The second kappa shape index (κ2) is 7.73. The number of nitrogen functional groups attached to an aromatic ring is 1. The van der Waals surface area contributed by atoms with Crippen LogP contribution >= 0.6 is 0 Å². The van der Waals surface area contributed by atoms with E-state index in [-0.39, 0.29) is 17.4 Å². The minimum absolute atomic E-state index is 0.0705. The van der Waals surface area contributed by atoms with Crippen molar-refractivity contribution in [1.29, 1.82) is 0 Å². The van der Waals surface area contributed by atoms with Crippen LogP contribution in [0.15, 0.2) is 65.6 Å². The van der Waals surface area contributed by atoms with Crippen molar-refractivity contribution in [3.8, 4) is 17.0 Å². The van der Waals surface area contributed by atoms with E-state index in [1.165, 1.54) is 0 Å². The molecule has 3 aromatic heterocycles. The third-order valence-corrected chi connectivity index (χ3v) is 6.93. The molecule has 1 saturated carbocycles. The SMILES string of the molecule is Cc1cccc2cc(Cn3nc(-c4cccc(O)c4)c4c(N)nccc43)n(C3CCC3)c(=O)c12. The van der Waals surface area contributed by atoms with Crippen LogP contribution in [0.2, 0.25) is 0 Å². The van der Waals surface area contributed by atoms with Gasteiger partial charge in [0.05, 0.1) is 22.8 Å². The van der Waals surface area contributed by atoms with Gasteiger partial charge in [-0.25, -0.2) is 4.98 Å². The molecule has 0 bridgehead atoms. The van der Waals surface area contributed by atoms with Gasteiger partial charge in [-0.1, -0.05) is 30.3 Å². The molecule has 7 heteroatoms. The summed E-state index contributed by atoms with van der Waals surface area (Å²) in [6.07, 6.45) is 4.83. The Morgan fingerprint density at radius 3 is 2.68 bits per heavy atom. The van der Waals surface area contributed by atoms with E-state index in [0.717, 1.165) is 57.8 Å². The Labute approximate surface area is 196 Å². The number of benzene rings is 2. The molecule has 2 aromatic carbocycles. The van der Waals surface area contributed by atoms with E-state index in [9.17, 15) is 9.90 Å². The van der Waals surface area contributed by atoms with Gasteiger partial charge in [-0.3, -0.25) is 9.48 Å². The second-order valence-electron chi connectivity index (χ2n) is 9.08. The standard InChI is InChI=1S/C27H25N5O2/c1-16-5-2-6-17-13-20(32(19-8-4-9-19)27(34)23(16)17)15-31-22-11-12-29-26(28)24(22)25(30-31)18-7-3-10-21(33)14-18/h2-3,5-7,10-14,19,33H,4,8-9,15H2,1H3,(H2,28,29). The first-order chi connectivity index (χ1) is 16.5. The van der Waals surface area contributed by atoms with Crippen molar-refractivity contribution in [2.24, 2.45) is 0 Å². The molecule has 0 spiro atoms. The molecule has 3 heterocycles. The molecule has 0 amide bonds. The number of hydrogen-bond acceptors (Lipinski definition) is 5. The highest BCUT2D eigenvalue weighted by molar-refractivity contribution is 6.00. The largest absolute Gasteiger partial charge is 0.508 e. The van der Waals surface area contributed by atoms with Gasteiger partial charge in [-0.2, -0.15) is 5.10 Å². The Kier molecular flexibility index (Phi) is 4.65. The van der Waals surface area contributed by atoms with Gasteiger partial charge < -0.3 is 15.4 Å². The van der Waals surface area contributed by atoms with Crippen molar-refractivity contribution in [2.75, 3.05) is 5.73 Å². The number of hydrogen-bond donors (Lipinski definition) is 2. The lowest BCUT2D eigenvalue weighted by Crippen LogP contribution is -2.32. The first-order valence-corrected chi connectivity index (χ1v) is 11.6. The van der Waals surface area contributed by atoms with Crippen LogP contribution in [0.25, 0.3) is 32.9 Å². The summed E-state index contributed by atoms with van der Waals surface area (Å²) < 4.78 is 3.86. The first kappa shape index (κ1) is 20.5. The fraction of sp³-hybridized carbons (Fsp3) is 0.222. The highest BCUT2D eigenvalue weighted by atomic mass is 16.3. The van der Waals surface area contributed by atoms with Crippen molar-refractivity contribution in [1.82, 2.24) is 19.3 Å². The smallest absolute Gasteiger partial charge is 0.259 e. The lowest BCUT2D eigenvalue weighted by Gasteiger charge is -2.30. The molecule has 1 aliphatic carbocycles. The van der Waals surface area contributed by atoms with Crippen LogP contribution in [0.1, 0.15) is 36.6 Å². The van der Waals surface area contributed by atoms with Gasteiger partial charge in [0.2, 0.25) is 0 Å². The highest BCUT2D eigenvalue weighted by Crippen LogP contribution is 2.35. The monoisotopic (exact) mass is 451 g/mol. The van der Waals surface area contributed by atoms with Crippen molar-refractivity contribution >= 4 is 27.5 Å². The second-order valence-corrected chi connectivity index (χ2v) is 9.08. The van der Waals surface area contributed by atoms with Crippen molar-refractivity contribution in [3.05, 3.63) is 82.4 Å². The lowest BCUT2D eigenvalue weighted by molar-refractivity contribution is 0.298. The van der Waals surface area contributed by atoms with E-state index < -0.39 is 0 Å². The zero-order valence-electron chi connectivity index (χ0n) is 18.9. The van der Waals surface area contributed by atoms with E-state index in [2.05, 4.69) is 11.1 Å². The maximum Gasteiger partial charge on any atom is 0.259 e. The number of fused-ring (bicyclic) bond motifs is 2. The topological polar surface area (TPSA) is 99.0 Å². The summed E-state index contributed by atoms with van der Waals surface area (Å²) in [6, 6.07) is 17.2. The fourth-order valence-corrected chi connectivity index (χ4v) is 5.05. The summed E-state index contributed by atoms with van der Waals surface area (Å²) in [4.78, 5) is 17.9. The van der Waals surface area contributed by atoms with Crippen LogP contribution in [-0.4, -0.2) is 24.4 Å². The predicted octanol–water partition coefficient (Wildman–Crippen LogP) is 4.78. The molecule has 6 rings (SSSR count). The fourth-order valence-electron chi connectivity index (χ4n) is 5.05. The van der Waals surface area contributed by atoms with E-state index in [1.807, 2.05) is 46.5 Å². The minimum atomic E-state index is 0.0705. The minimum Gasteiger partial charge on any atom is -0.508 e. The third-order valence-electron chi connectivity index (χ3n) is 6.93. The van der Waals surface area contributed by atoms with Gasteiger partial charge in [0.25, 0.3) is 5.56 Å². The Morgan fingerprint density at radius 1 is 1.09 bits per heavy atom. The Balaban J connectivity index is 1.57. The van der Waals surface area contributed by atoms with Crippen molar-refractivity contribution < 1.29 is 5.11 Å². The molecule has 0 radical (unpaired) electrons.